The predicted octanol–water partition coefficient (Wildman–Crippen LogP) is 3.80. The van der Waals surface area contributed by atoms with Crippen LogP contribution in [0, 0.1) is 18.2 Å². The molecular formula is C16H13BrFMgO+2. The van der Waals surface area contributed by atoms with Crippen molar-refractivity contribution in [3.05, 3.63) is 59.9 Å². The molecule has 2 aromatic carbocycles. The monoisotopic (exact) mass is 343 g/mol. The normalized spacial score (nSPS) is 12.6. The smallest absolute Gasteiger partial charge is 0.374 e. The molecule has 1 unspecified atom stereocenters. The van der Waals surface area contributed by atoms with Crippen LogP contribution in [-0.4, -0.2) is 24.6 Å². The second-order valence-electron chi connectivity index (χ2n) is 4.30. The second-order valence-corrected chi connectivity index (χ2v) is 4.30. The number of aliphatic hydroxyl groups is 1. The lowest BCUT2D eigenvalue weighted by molar-refractivity contribution is 0.122. The Morgan fingerprint density at radius 3 is 1.85 bits per heavy atom. The molecule has 1 atom stereocenters. The highest BCUT2D eigenvalue weighted by molar-refractivity contribution is 9.22. The third kappa shape index (κ3) is 4.32. The summed E-state index contributed by atoms with van der Waals surface area (Å²) in [5, 5.41) is 9.91. The van der Waals surface area contributed by atoms with Crippen molar-refractivity contribution in [2.24, 2.45) is 0 Å². The van der Waals surface area contributed by atoms with Crippen molar-refractivity contribution in [2.75, 3.05) is 0 Å². The number of hydrogen-bond donors (Lipinski definition) is 1. The maximum Gasteiger partial charge on any atom is 1.52 e. The van der Waals surface area contributed by atoms with Crippen LogP contribution in [0.5, 0.6) is 0 Å². The Morgan fingerprint density at radius 1 is 1.05 bits per heavy atom. The van der Waals surface area contributed by atoms with E-state index in [0.717, 1.165) is 11.1 Å². The van der Waals surface area contributed by atoms with Crippen molar-refractivity contribution in [3.8, 4) is 23.5 Å². The van der Waals surface area contributed by atoms with Crippen molar-refractivity contribution in [1.29, 1.82) is 0 Å². The van der Waals surface area contributed by atoms with E-state index in [0.29, 0.717) is 5.56 Å². The Bertz CT molecular complexity index is 585. The quantitative estimate of drug-likeness (QED) is 0.649. The van der Waals surface area contributed by atoms with Crippen LogP contribution in [0.2, 0.25) is 0 Å². The minimum absolute atomic E-state index is 0.259. The fourth-order valence-electron chi connectivity index (χ4n) is 1.71. The zero-order chi connectivity index (χ0) is 15.2. The van der Waals surface area contributed by atoms with Crippen LogP contribution in [-0.2, 0) is 5.60 Å². The lowest BCUT2D eigenvalue weighted by Crippen LogP contribution is -2.17. The minimum atomic E-state index is -1.26. The van der Waals surface area contributed by atoms with Gasteiger partial charge in [0.1, 0.15) is 11.4 Å². The molecule has 2 aromatic rings. The molecule has 97 valence electrons. The summed E-state index contributed by atoms with van der Waals surface area (Å²) in [6.45, 7) is 1.57. The molecule has 20 heavy (non-hydrogen) atoms. The second kappa shape index (κ2) is 7.80. The lowest BCUT2D eigenvalue weighted by Gasteiger charge is -2.16. The van der Waals surface area contributed by atoms with Gasteiger partial charge in [-0.05, 0) is 35.7 Å². The average molecular weight is 344 g/mol. The fraction of sp³-hybridized carbons (Fsp3) is 0.125. The largest absolute Gasteiger partial charge is 1.52 e. The Labute approximate surface area is 137 Å². The van der Waals surface area contributed by atoms with Crippen molar-refractivity contribution in [3.63, 3.8) is 0 Å². The van der Waals surface area contributed by atoms with Gasteiger partial charge >= 0.3 is 32.4 Å². The summed E-state index contributed by atoms with van der Waals surface area (Å²) < 4.78 is 12.8. The summed E-state index contributed by atoms with van der Waals surface area (Å²) in [5.74, 6) is 2.07. The first-order valence-corrected chi connectivity index (χ1v) is 9.76. The van der Waals surface area contributed by atoms with Crippen LogP contribution in [0.1, 0.15) is 12.5 Å². The maximum absolute atomic E-state index is 12.8. The van der Waals surface area contributed by atoms with E-state index in [-0.39, 0.29) is 5.82 Å². The Hall–Kier alpha value is -0.864. The SMILES string of the molecule is C#CC(C)(O)c1ccc(-c2ccc(F)cc2)cc1.[Mg+2][Br]. The van der Waals surface area contributed by atoms with Crippen LogP contribution >= 0.6 is 12.9 Å². The van der Waals surface area contributed by atoms with Crippen molar-refractivity contribution in [2.45, 2.75) is 12.5 Å². The molecule has 0 spiro atoms. The van der Waals surface area contributed by atoms with Crippen LogP contribution in [0.15, 0.2) is 48.5 Å². The van der Waals surface area contributed by atoms with E-state index in [9.17, 15) is 9.50 Å². The summed E-state index contributed by atoms with van der Waals surface area (Å²) in [4.78, 5) is 0. The summed E-state index contributed by atoms with van der Waals surface area (Å²) in [6, 6.07) is 13.5. The van der Waals surface area contributed by atoms with Crippen LogP contribution in [0.4, 0.5) is 4.39 Å². The molecule has 2 rings (SSSR count). The average Bonchev–Trinajstić information content (AvgIpc) is 2.50. The zero-order valence-electron chi connectivity index (χ0n) is 11.1. The first-order valence-electron chi connectivity index (χ1n) is 5.86. The fourth-order valence-corrected chi connectivity index (χ4v) is 1.71. The van der Waals surface area contributed by atoms with E-state index in [1.807, 2.05) is 12.1 Å². The van der Waals surface area contributed by atoms with Gasteiger partial charge in [0, 0.05) is 0 Å². The summed E-state index contributed by atoms with van der Waals surface area (Å²) >= 11 is 4.64. The molecule has 0 saturated heterocycles. The van der Waals surface area contributed by atoms with E-state index in [1.165, 1.54) is 12.1 Å². The molecule has 0 aliphatic carbocycles. The van der Waals surface area contributed by atoms with Gasteiger partial charge in [-0.2, -0.15) is 0 Å². The summed E-state index contributed by atoms with van der Waals surface area (Å²) in [6.07, 6.45) is 5.26. The first-order chi connectivity index (χ1) is 9.53. The minimum Gasteiger partial charge on any atom is -0.374 e. The van der Waals surface area contributed by atoms with E-state index in [2.05, 4.69) is 18.8 Å². The molecule has 0 bridgehead atoms. The molecule has 1 N–H and O–H groups in total. The highest BCUT2D eigenvalue weighted by atomic mass is 79.9. The van der Waals surface area contributed by atoms with Gasteiger partial charge in [0.25, 0.3) is 0 Å². The molecule has 0 heterocycles. The number of rotatable bonds is 2. The molecule has 0 aromatic heterocycles. The Morgan fingerprint density at radius 2 is 1.45 bits per heavy atom. The number of benzene rings is 2. The van der Waals surface area contributed by atoms with Gasteiger partial charge in [-0.25, -0.2) is 4.39 Å². The number of terminal acetylenes is 1. The van der Waals surface area contributed by atoms with Crippen molar-refractivity contribution in [1.82, 2.24) is 0 Å². The molecule has 0 aliphatic rings. The third-order valence-corrected chi connectivity index (χ3v) is 2.91. The molecule has 0 saturated carbocycles. The highest BCUT2D eigenvalue weighted by Crippen LogP contribution is 2.24. The Balaban J connectivity index is 0.000000956. The molecular weight excluding hydrogens is 331 g/mol. The zero-order valence-corrected chi connectivity index (χ0v) is 14.1. The van der Waals surface area contributed by atoms with Crippen LogP contribution in [0.3, 0.4) is 0 Å². The van der Waals surface area contributed by atoms with Gasteiger partial charge in [-0.3, -0.25) is 0 Å². The number of hydrogen-bond acceptors (Lipinski definition) is 1. The third-order valence-electron chi connectivity index (χ3n) is 2.91. The van der Waals surface area contributed by atoms with Crippen molar-refractivity contribution >= 4 is 32.4 Å². The van der Waals surface area contributed by atoms with Crippen molar-refractivity contribution < 1.29 is 9.50 Å². The van der Waals surface area contributed by atoms with Crippen LogP contribution < -0.4 is 0 Å². The number of halogens is 2. The highest BCUT2D eigenvalue weighted by Gasteiger charge is 2.18. The standard InChI is InChI=1S/C16H13FO.BrH.Mg/c1-3-16(2,18)14-8-4-12(5-9-14)13-6-10-15(17)11-7-13;;/h1,4-11,18H,2H3;1H;/q;;+3/p-1. The maximum atomic E-state index is 12.8. The Kier molecular flexibility index (Phi) is 6.70. The molecule has 7 radical (unpaired) electrons. The van der Waals surface area contributed by atoms with Crippen LogP contribution in [0.25, 0.3) is 11.1 Å². The molecule has 1 nitrogen and oxygen atoms in total. The van der Waals surface area contributed by atoms with Gasteiger partial charge in [0.2, 0.25) is 0 Å². The molecule has 0 aliphatic heterocycles. The topological polar surface area (TPSA) is 20.2 Å². The van der Waals surface area contributed by atoms with Gasteiger partial charge in [0.15, 0.2) is 0 Å². The van der Waals surface area contributed by atoms with Gasteiger partial charge in [0.05, 0.1) is 0 Å². The van der Waals surface area contributed by atoms with E-state index < -0.39 is 5.60 Å². The van der Waals surface area contributed by atoms with Gasteiger partial charge in [-0.1, -0.05) is 42.3 Å². The van der Waals surface area contributed by atoms with E-state index in [4.69, 9.17) is 6.42 Å². The molecule has 4 heteroatoms. The summed E-state index contributed by atoms with van der Waals surface area (Å²) in [7, 11) is 0. The van der Waals surface area contributed by atoms with Gasteiger partial charge < -0.3 is 5.11 Å². The van der Waals surface area contributed by atoms with E-state index >= 15 is 0 Å². The lowest BCUT2D eigenvalue weighted by atomic mass is 9.94. The van der Waals surface area contributed by atoms with Gasteiger partial charge in [-0.15, -0.1) is 6.42 Å². The summed E-state index contributed by atoms with van der Waals surface area (Å²) in [5.41, 5.74) is 1.27. The molecule has 0 fully saturated rings. The predicted molar refractivity (Wildman–Crippen MR) is 84.9 cm³/mol. The molecule has 0 amide bonds. The first kappa shape index (κ1) is 17.2. The van der Waals surface area contributed by atoms with E-state index in [1.54, 1.807) is 50.7 Å².